The monoisotopic (exact) mass is 187 g/mol. The van der Waals surface area contributed by atoms with E-state index in [0.29, 0.717) is 18.9 Å². The maximum Gasteiger partial charge on any atom is 0.334 e. The van der Waals surface area contributed by atoms with E-state index in [2.05, 4.69) is 9.73 Å². The summed E-state index contributed by atoms with van der Waals surface area (Å²) in [5.74, 6) is 0.213. The van der Waals surface area contributed by atoms with Gasteiger partial charge in [-0.05, 0) is 0 Å². The minimum Gasteiger partial charge on any atom is -0.478 e. The van der Waals surface area contributed by atoms with E-state index in [9.17, 15) is 4.79 Å². The molecule has 0 aromatic carbocycles. The van der Waals surface area contributed by atoms with Crippen LogP contribution in [0.5, 0.6) is 0 Å². The Labute approximate surface area is 76.7 Å². The molecule has 0 aliphatic carbocycles. The summed E-state index contributed by atoms with van der Waals surface area (Å²) in [4.78, 5) is 15.0. The van der Waals surface area contributed by atoms with Crippen LogP contribution in [0, 0.1) is 0 Å². The summed E-state index contributed by atoms with van der Waals surface area (Å²) >= 11 is 0. The van der Waals surface area contributed by atoms with Crippen molar-refractivity contribution in [2.45, 2.75) is 12.5 Å². The molecule has 0 aromatic rings. The van der Waals surface area contributed by atoms with Crippen molar-refractivity contribution in [2.75, 3.05) is 27.4 Å². The van der Waals surface area contributed by atoms with Crippen molar-refractivity contribution in [3.05, 3.63) is 0 Å². The number of rotatable bonds is 4. The quantitative estimate of drug-likeness (QED) is 0.581. The SMILES string of the molecule is COCCC1=N[C@H](C(=O)OC)CO1. The van der Waals surface area contributed by atoms with E-state index in [1.165, 1.54) is 7.11 Å². The number of carbonyl (C=O) groups excluding carboxylic acids is 1. The Hall–Kier alpha value is -1.10. The van der Waals surface area contributed by atoms with E-state index in [0.717, 1.165) is 0 Å². The predicted molar refractivity (Wildman–Crippen MR) is 45.7 cm³/mol. The summed E-state index contributed by atoms with van der Waals surface area (Å²) in [6, 6.07) is -0.489. The second-order valence-electron chi connectivity index (χ2n) is 2.62. The molecule has 5 heteroatoms. The molecule has 5 nitrogen and oxygen atoms in total. The molecule has 0 radical (unpaired) electrons. The van der Waals surface area contributed by atoms with Crippen molar-refractivity contribution in [2.24, 2.45) is 4.99 Å². The van der Waals surface area contributed by atoms with Crippen LogP contribution >= 0.6 is 0 Å². The minimum atomic E-state index is -0.489. The average molecular weight is 187 g/mol. The van der Waals surface area contributed by atoms with Crippen LogP contribution in [-0.4, -0.2) is 45.3 Å². The van der Waals surface area contributed by atoms with E-state index in [-0.39, 0.29) is 12.6 Å². The van der Waals surface area contributed by atoms with Gasteiger partial charge in [0.1, 0.15) is 6.61 Å². The van der Waals surface area contributed by atoms with Gasteiger partial charge in [-0.2, -0.15) is 0 Å². The number of carbonyl (C=O) groups is 1. The molecule has 0 amide bonds. The topological polar surface area (TPSA) is 57.1 Å². The van der Waals surface area contributed by atoms with Crippen LogP contribution in [0.3, 0.4) is 0 Å². The number of nitrogens with zero attached hydrogens (tertiary/aromatic N) is 1. The molecule has 0 N–H and O–H groups in total. The van der Waals surface area contributed by atoms with Crippen LogP contribution in [0.15, 0.2) is 4.99 Å². The van der Waals surface area contributed by atoms with Crippen molar-refractivity contribution < 1.29 is 19.0 Å². The van der Waals surface area contributed by atoms with Crippen LogP contribution < -0.4 is 0 Å². The zero-order valence-corrected chi connectivity index (χ0v) is 7.78. The van der Waals surface area contributed by atoms with Crippen molar-refractivity contribution in [1.82, 2.24) is 0 Å². The van der Waals surface area contributed by atoms with Crippen LogP contribution in [0.25, 0.3) is 0 Å². The zero-order chi connectivity index (χ0) is 9.68. The van der Waals surface area contributed by atoms with Gasteiger partial charge in [-0.1, -0.05) is 0 Å². The van der Waals surface area contributed by atoms with Crippen molar-refractivity contribution in [3.8, 4) is 0 Å². The molecule has 0 spiro atoms. The highest BCUT2D eigenvalue weighted by molar-refractivity contribution is 5.85. The molecular weight excluding hydrogens is 174 g/mol. The normalized spacial score (nSPS) is 20.8. The molecule has 1 rings (SSSR count). The number of esters is 1. The molecule has 0 saturated carbocycles. The molecule has 1 heterocycles. The third kappa shape index (κ3) is 2.69. The molecule has 0 unspecified atom stereocenters. The summed E-state index contributed by atoms with van der Waals surface area (Å²) in [5, 5.41) is 0. The largest absolute Gasteiger partial charge is 0.478 e. The zero-order valence-electron chi connectivity index (χ0n) is 7.78. The lowest BCUT2D eigenvalue weighted by atomic mass is 10.3. The van der Waals surface area contributed by atoms with Crippen molar-refractivity contribution in [3.63, 3.8) is 0 Å². The van der Waals surface area contributed by atoms with Gasteiger partial charge < -0.3 is 14.2 Å². The number of hydrogen-bond donors (Lipinski definition) is 0. The minimum absolute atomic E-state index is 0.283. The van der Waals surface area contributed by atoms with Gasteiger partial charge in [0.2, 0.25) is 0 Å². The molecule has 74 valence electrons. The summed E-state index contributed by atoms with van der Waals surface area (Å²) in [7, 11) is 2.94. The molecule has 1 aliphatic rings. The average Bonchev–Trinajstić information content (AvgIpc) is 2.62. The van der Waals surface area contributed by atoms with Gasteiger partial charge in [-0.15, -0.1) is 0 Å². The fourth-order valence-corrected chi connectivity index (χ4v) is 1.01. The first-order valence-electron chi connectivity index (χ1n) is 4.04. The fraction of sp³-hybridized carbons (Fsp3) is 0.750. The first kappa shape index (κ1) is 9.98. The lowest BCUT2D eigenvalue weighted by Gasteiger charge is -2.00. The number of ether oxygens (including phenoxy) is 3. The Kier molecular flexibility index (Phi) is 3.70. The highest BCUT2D eigenvalue weighted by Crippen LogP contribution is 2.08. The molecule has 0 fully saturated rings. The maximum absolute atomic E-state index is 11.0. The van der Waals surface area contributed by atoms with Crippen LogP contribution in [0.4, 0.5) is 0 Å². The number of aliphatic imine (C=N–C) groups is 1. The Bertz CT molecular complexity index is 214. The molecular formula is C8H13NO4. The molecule has 0 aromatic heterocycles. The van der Waals surface area contributed by atoms with E-state index >= 15 is 0 Å². The predicted octanol–water partition coefficient (Wildman–Crippen LogP) is -0.00680. The molecule has 0 saturated heterocycles. The molecule has 1 atom stereocenters. The van der Waals surface area contributed by atoms with Gasteiger partial charge in [0, 0.05) is 13.5 Å². The Balaban J connectivity index is 2.39. The summed E-state index contributed by atoms with van der Waals surface area (Å²) in [6.45, 7) is 0.832. The summed E-state index contributed by atoms with van der Waals surface area (Å²) in [6.07, 6.45) is 0.601. The maximum atomic E-state index is 11.0. The third-order valence-electron chi connectivity index (χ3n) is 1.70. The Morgan fingerprint density at radius 3 is 3.08 bits per heavy atom. The summed E-state index contributed by atoms with van der Waals surface area (Å²) < 4.78 is 14.5. The lowest BCUT2D eigenvalue weighted by Crippen LogP contribution is -2.21. The van der Waals surface area contributed by atoms with E-state index in [4.69, 9.17) is 9.47 Å². The molecule has 13 heavy (non-hydrogen) atoms. The van der Waals surface area contributed by atoms with Gasteiger partial charge in [0.05, 0.1) is 13.7 Å². The van der Waals surface area contributed by atoms with Gasteiger partial charge in [0.25, 0.3) is 0 Å². The van der Waals surface area contributed by atoms with E-state index in [1.54, 1.807) is 7.11 Å². The van der Waals surface area contributed by atoms with Crippen molar-refractivity contribution in [1.29, 1.82) is 0 Å². The first-order chi connectivity index (χ1) is 6.27. The fourth-order valence-electron chi connectivity index (χ4n) is 1.01. The Morgan fingerprint density at radius 1 is 1.69 bits per heavy atom. The third-order valence-corrected chi connectivity index (χ3v) is 1.70. The van der Waals surface area contributed by atoms with Crippen LogP contribution in [0.1, 0.15) is 6.42 Å². The highest BCUT2D eigenvalue weighted by atomic mass is 16.5. The number of hydrogen-bond acceptors (Lipinski definition) is 5. The second-order valence-corrected chi connectivity index (χ2v) is 2.62. The van der Waals surface area contributed by atoms with E-state index < -0.39 is 6.04 Å². The van der Waals surface area contributed by atoms with Crippen LogP contribution in [-0.2, 0) is 19.0 Å². The van der Waals surface area contributed by atoms with Gasteiger partial charge in [0.15, 0.2) is 11.9 Å². The van der Waals surface area contributed by atoms with Crippen molar-refractivity contribution >= 4 is 11.9 Å². The van der Waals surface area contributed by atoms with Crippen LogP contribution in [0.2, 0.25) is 0 Å². The number of methoxy groups -OCH3 is 2. The smallest absolute Gasteiger partial charge is 0.334 e. The lowest BCUT2D eigenvalue weighted by molar-refractivity contribution is -0.142. The molecule has 1 aliphatic heterocycles. The first-order valence-corrected chi connectivity index (χ1v) is 4.04. The van der Waals surface area contributed by atoms with E-state index in [1.807, 2.05) is 0 Å². The standard InChI is InChI=1S/C8H13NO4/c1-11-4-3-7-9-6(5-13-7)8(10)12-2/h6H,3-5H2,1-2H3/t6-/m0/s1. The molecule has 0 bridgehead atoms. The van der Waals surface area contributed by atoms with Gasteiger partial charge in [-0.3, -0.25) is 0 Å². The Morgan fingerprint density at radius 2 is 2.46 bits per heavy atom. The second kappa shape index (κ2) is 4.81. The highest BCUT2D eigenvalue weighted by Gasteiger charge is 2.25. The van der Waals surface area contributed by atoms with Gasteiger partial charge in [-0.25, -0.2) is 9.79 Å². The van der Waals surface area contributed by atoms with Gasteiger partial charge >= 0.3 is 5.97 Å². The summed E-state index contributed by atoms with van der Waals surface area (Å²) in [5.41, 5.74) is 0.